The number of phenols is 1. The fourth-order valence-corrected chi connectivity index (χ4v) is 5.82. The van der Waals surface area contributed by atoms with Crippen LogP contribution in [0.3, 0.4) is 0 Å². The van der Waals surface area contributed by atoms with Gasteiger partial charge >= 0.3 is 5.97 Å². The van der Waals surface area contributed by atoms with Crippen molar-refractivity contribution in [3.05, 3.63) is 22.8 Å². The first-order chi connectivity index (χ1) is 10.3. The van der Waals surface area contributed by atoms with Crippen LogP contribution in [0, 0.1) is 17.3 Å². The molecule has 0 saturated heterocycles. The fraction of sp³-hybridized carbons (Fsp3) is 0.611. The van der Waals surface area contributed by atoms with E-state index in [9.17, 15) is 9.90 Å². The van der Waals surface area contributed by atoms with Gasteiger partial charge in [0.1, 0.15) is 23.7 Å². The molecule has 22 heavy (non-hydrogen) atoms. The summed E-state index contributed by atoms with van der Waals surface area (Å²) in [5, 5.41) is 10.2. The predicted molar refractivity (Wildman–Crippen MR) is 79.0 cm³/mol. The third-order valence-electron chi connectivity index (χ3n) is 6.83. The second kappa shape index (κ2) is 3.44. The maximum atomic E-state index is 12.2. The van der Waals surface area contributed by atoms with E-state index < -0.39 is 0 Å². The lowest BCUT2D eigenvalue weighted by atomic mass is 9.44. The summed E-state index contributed by atoms with van der Waals surface area (Å²) < 4.78 is 11.5. The number of carbonyl (C=O) groups is 1. The lowest BCUT2D eigenvalue weighted by Crippen LogP contribution is -2.60. The van der Waals surface area contributed by atoms with Crippen molar-refractivity contribution in [2.75, 3.05) is 0 Å². The molecule has 1 N–H and O–H groups in total. The number of hydrogen-bond acceptors (Lipinski definition) is 4. The van der Waals surface area contributed by atoms with E-state index in [-0.39, 0.29) is 29.3 Å². The molecule has 1 aromatic rings. The topological polar surface area (TPSA) is 55.8 Å². The Kier molecular flexibility index (Phi) is 2.00. The first-order valence-electron chi connectivity index (χ1n) is 8.09. The lowest BCUT2D eigenvalue weighted by Gasteiger charge is -2.62. The van der Waals surface area contributed by atoms with E-state index in [2.05, 4.69) is 20.8 Å². The summed E-state index contributed by atoms with van der Waals surface area (Å²) in [6.45, 7) is 6.97. The number of hydrogen-bond donors (Lipinski definition) is 1. The molecule has 4 heteroatoms. The van der Waals surface area contributed by atoms with Crippen LogP contribution in [-0.2, 0) is 11.3 Å². The van der Waals surface area contributed by atoms with Crippen LogP contribution in [0.2, 0.25) is 0 Å². The summed E-state index contributed by atoms with van der Waals surface area (Å²) in [5.74, 6) is 1.93. The summed E-state index contributed by atoms with van der Waals surface area (Å²) in [6.07, 6.45) is 2.22. The Morgan fingerprint density at radius 2 is 2.09 bits per heavy atom. The molecule has 4 atom stereocenters. The molecule has 0 spiro atoms. The third-order valence-corrected chi connectivity index (χ3v) is 6.83. The summed E-state index contributed by atoms with van der Waals surface area (Å²) in [7, 11) is 0. The Bertz CT molecular complexity index is 735. The van der Waals surface area contributed by atoms with Crippen LogP contribution in [0.25, 0.3) is 0 Å². The van der Waals surface area contributed by atoms with Gasteiger partial charge in [0.25, 0.3) is 0 Å². The fourth-order valence-electron chi connectivity index (χ4n) is 5.82. The van der Waals surface area contributed by atoms with Crippen LogP contribution in [0.4, 0.5) is 0 Å². The smallest absolute Gasteiger partial charge is 0.339 e. The molecule has 1 aromatic carbocycles. The molecule has 116 valence electrons. The standard InChI is InChI=1S/C18H20O4/c1-17(2)9-4-5-18(3)14(9)15(17)13-11(22-18)6-10(19)8-7-21-16(20)12(8)13/h6,9,14-15,19H,4-5,7H2,1-3H3/t9-,14+,15+,18+/m1/s1. The van der Waals surface area contributed by atoms with Gasteiger partial charge in [-0.1, -0.05) is 13.8 Å². The molecule has 0 aromatic heterocycles. The minimum absolute atomic E-state index is 0.119. The van der Waals surface area contributed by atoms with Crippen LogP contribution < -0.4 is 4.74 Å². The molecule has 0 amide bonds. The number of ether oxygens (including phenoxy) is 2. The number of aromatic hydroxyl groups is 1. The monoisotopic (exact) mass is 300 g/mol. The van der Waals surface area contributed by atoms with Gasteiger partial charge in [0, 0.05) is 29.0 Å². The number of carbonyl (C=O) groups excluding carboxylic acids is 1. The number of phenolic OH excluding ortho intramolecular Hbond substituents is 1. The summed E-state index contributed by atoms with van der Waals surface area (Å²) in [5.41, 5.74) is 2.19. The number of rotatable bonds is 0. The molecular weight excluding hydrogens is 280 g/mol. The van der Waals surface area contributed by atoms with E-state index in [1.54, 1.807) is 6.07 Å². The molecular formula is C18H20O4. The van der Waals surface area contributed by atoms with Crippen LogP contribution in [0.1, 0.15) is 61.0 Å². The van der Waals surface area contributed by atoms with E-state index in [4.69, 9.17) is 9.47 Å². The van der Waals surface area contributed by atoms with E-state index in [1.807, 2.05) is 0 Å². The van der Waals surface area contributed by atoms with Crippen LogP contribution >= 0.6 is 0 Å². The molecule has 0 radical (unpaired) electrons. The summed E-state index contributed by atoms with van der Waals surface area (Å²) in [6, 6.07) is 1.69. The molecule has 5 rings (SSSR count). The van der Waals surface area contributed by atoms with Crippen molar-refractivity contribution in [1.82, 2.24) is 0 Å². The van der Waals surface area contributed by atoms with Gasteiger partial charge in [-0.15, -0.1) is 0 Å². The molecule has 0 bridgehead atoms. The summed E-state index contributed by atoms with van der Waals surface area (Å²) >= 11 is 0. The first-order valence-corrected chi connectivity index (χ1v) is 8.09. The zero-order valence-corrected chi connectivity index (χ0v) is 13.1. The van der Waals surface area contributed by atoms with Crippen LogP contribution in [0.5, 0.6) is 11.5 Å². The molecule has 2 aliphatic heterocycles. The number of benzene rings is 1. The Labute approximate surface area is 129 Å². The minimum Gasteiger partial charge on any atom is -0.507 e. The van der Waals surface area contributed by atoms with Crippen molar-refractivity contribution in [3.63, 3.8) is 0 Å². The predicted octanol–water partition coefficient (Wildman–Crippen LogP) is 3.36. The highest BCUT2D eigenvalue weighted by molar-refractivity contribution is 5.97. The highest BCUT2D eigenvalue weighted by Crippen LogP contribution is 2.74. The molecule has 2 fully saturated rings. The zero-order valence-electron chi connectivity index (χ0n) is 13.1. The largest absolute Gasteiger partial charge is 0.507 e. The summed E-state index contributed by atoms with van der Waals surface area (Å²) in [4.78, 5) is 12.2. The van der Waals surface area contributed by atoms with E-state index in [1.165, 1.54) is 6.42 Å². The van der Waals surface area contributed by atoms with Gasteiger partial charge in [0.05, 0.1) is 5.56 Å². The maximum Gasteiger partial charge on any atom is 0.339 e. The lowest BCUT2D eigenvalue weighted by molar-refractivity contribution is -0.120. The molecule has 4 aliphatic rings. The van der Waals surface area contributed by atoms with Gasteiger partial charge in [-0.3, -0.25) is 0 Å². The number of fused-ring (bicyclic) bond motifs is 4. The highest BCUT2D eigenvalue weighted by atomic mass is 16.5. The van der Waals surface area contributed by atoms with Crippen molar-refractivity contribution in [2.45, 2.75) is 51.7 Å². The van der Waals surface area contributed by atoms with Gasteiger partial charge in [0.15, 0.2) is 0 Å². The number of cyclic esters (lactones) is 1. The first kappa shape index (κ1) is 12.8. The number of esters is 1. The zero-order chi connectivity index (χ0) is 15.4. The Balaban J connectivity index is 1.81. The average molecular weight is 300 g/mol. The van der Waals surface area contributed by atoms with Crippen LogP contribution in [0.15, 0.2) is 6.07 Å². The normalized spacial score (nSPS) is 39.2. The van der Waals surface area contributed by atoms with Crippen molar-refractivity contribution in [2.24, 2.45) is 17.3 Å². The third kappa shape index (κ3) is 1.17. The van der Waals surface area contributed by atoms with E-state index in [0.717, 1.165) is 12.0 Å². The highest BCUT2D eigenvalue weighted by Gasteiger charge is 2.69. The molecule has 2 saturated carbocycles. The van der Waals surface area contributed by atoms with E-state index in [0.29, 0.717) is 34.6 Å². The van der Waals surface area contributed by atoms with Gasteiger partial charge in [-0.2, -0.15) is 0 Å². The van der Waals surface area contributed by atoms with Gasteiger partial charge in [-0.25, -0.2) is 4.79 Å². The minimum atomic E-state index is -0.313. The van der Waals surface area contributed by atoms with Gasteiger partial charge in [0.2, 0.25) is 0 Å². The maximum absolute atomic E-state index is 12.2. The van der Waals surface area contributed by atoms with E-state index >= 15 is 0 Å². The van der Waals surface area contributed by atoms with Crippen molar-refractivity contribution >= 4 is 5.97 Å². The van der Waals surface area contributed by atoms with Gasteiger partial charge in [-0.05, 0) is 31.1 Å². The Morgan fingerprint density at radius 3 is 2.86 bits per heavy atom. The molecule has 0 unspecified atom stereocenters. The SMILES string of the molecule is CC1(C)[C@@H]2CC[C@]3(C)Oc4cc(O)c5c(c4[C@H]1[C@H]23)C(=O)OC5. The molecule has 4 nitrogen and oxygen atoms in total. The van der Waals surface area contributed by atoms with Crippen LogP contribution in [-0.4, -0.2) is 16.7 Å². The van der Waals surface area contributed by atoms with Crippen molar-refractivity contribution in [3.8, 4) is 11.5 Å². The Hall–Kier alpha value is -1.71. The molecule has 2 heterocycles. The quantitative estimate of drug-likeness (QED) is 0.746. The Morgan fingerprint density at radius 1 is 1.32 bits per heavy atom. The van der Waals surface area contributed by atoms with Gasteiger partial charge < -0.3 is 14.6 Å². The average Bonchev–Trinajstić information content (AvgIpc) is 2.96. The second-order valence-electron chi connectivity index (χ2n) is 8.12. The second-order valence-corrected chi connectivity index (χ2v) is 8.12. The van der Waals surface area contributed by atoms with Crippen molar-refractivity contribution < 1.29 is 19.4 Å². The molecule has 2 aliphatic carbocycles. The van der Waals surface area contributed by atoms with Crippen molar-refractivity contribution in [1.29, 1.82) is 0 Å².